The zero-order valence-electron chi connectivity index (χ0n) is 13.7. The van der Waals surface area contributed by atoms with Crippen LogP contribution in [0.3, 0.4) is 0 Å². The maximum absolute atomic E-state index is 12.5. The van der Waals surface area contributed by atoms with Crippen LogP contribution in [-0.2, 0) is 12.6 Å². The zero-order chi connectivity index (χ0) is 18.3. The Bertz CT molecular complexity index is 700. The van der Waals surface area contributed by atoms with Gasteiger partial charge in [0.15, 0.2) is 0 Å². The van der Waals surface area contributed by atoms with Gasteiger partial charge in [-0.15, -0.1) is 0 Å². The Hall–Kier alpha value is -2.70. The predicted octanol–water partition coefficient (Wildman–Crippen LogP) is 4.47. The molecular formula is C18H19F3N2O2. The lowest BCUT2D eigenvalue weighted by atomic mass is 10.1. The number of amides is 2. The first kappa shape index (κ1) is 18.6. The van der Waals surface area contributed by atoms with Crippen LogP contribution >= 0.6 is 0 Å². The lowest BCUT2D eigenvalue weighted by Gasteiger charge is -2.12. The van der Waals surface area contributed by atoms with Crippen LogP contribution in [0.15, 0.2) is 48.5 Å². The minimum Gasteiger partial charge on any atom is -0.491 e. The number of carbonyl (C=O) groups excluding carboxylic acids is 1. The minimum atomic E-state index is -4.40. The number of hydrogen-bond donors (Lipinski definition) is 2. The Labute approximate surface area is 144 Å². The molecule has 0 fully saturated rings. The third kappa shape index (κ3) is 5.70. The van der Waals surface area contributed by atoms with Crippen molar-refractivity contribution in [1.29, 1.82) is 0 Å². The maximum atomic E-state index is 12.5. The van der Waals surface area contributed by atoms with Crippen molar-refractivity contribution in [3.63, 3.8) is 0 Å². The van der Waals surface area contributed by atoms with Crippen LogP contribution in [0.4, 0.5) is 23.7 Å². The van der Waals surface area contributed by atoms with Crippen molar-refractivity contribution in [2.75, 3.05) is 18.5 Å². The van der Waals surface area contributed by atoms with Gasteiger partial charge in [0.05, 0.1) is 12.1 Å². The van der Waals surface area contributed by atoms with Crippen LogP contribution in [0.1, 0.15) is 18.1 Å². The second kappa shape index (κ2) is 8.41. The quantitative estimate of drug-likeness (QED) is 0.754. The summed E-state index contributed by atoms with van der Waals surface area (Å²) in [6.45, 7) is 2.58. The van der Waals surface area contributed by atoms with Crippen molar-refractivity contribution < 1.29 is 22.7 Å². The van der Waals surface area contributed by atoms with Gasteiger partial charge in [-0.25, -0.2) is 4.79 Å². The highest BCUT2D eigenvalue weighted by atomic mass is 19.4. The summed E-state index contributed by atoms with van der Waals surface area (Å²) >= 11 is 0. The maximum Gasteiger partial charge on any atom is 0.416 e. The Morgan fingerprint density at radius 1 is 1.08 bits per heavy atom. The number of halogens is 3. The lowest BCUT2D eigenvalue weighted by molar-refractivity contribution is -0.137. The number of anilines is 1. The van der Waals surface area contributed by atoms with E-state index in [2.05, 4.69) is 10.6 Å². The second-order valence-electron chi connectivity index (χ2n) is 5.27. The highest BCUT2D eigenvalue weighted by Gasteiger charge is 2.29. The summed E-state index contributed by atoms with van der Waals surface area (Å²) < 4.78 is 43.0. The molecule has 0 saturated carbocycles. The van der Waals surface area contributed by atoms with Crippen LogP contribution in [0.5, 0.6) is 5.75 Å². The van der Waals surface area contributed by atoms with E-state index >= 15 is 0 Å². The Morgan fingerprint density at radius 3 is 2.40 bits per heavy atom. The minimum absolute atomic E-state index is 0.268. The summed E-state index contributed by atoms with van der Waals surface area (Å²) in [7, 11) is 0. The number of alkyl halides is 3. The fraction of sp³-hybridized carbons (Fsp3) is 0.278. The molecule has 0 atom stereocenters. The molecule has 0 aliphatic carbocycles. The number of carbonyl (C=O) groups is 1. The molecule has 0 spiro atoms. The van der Waals surface area contributed by atoms with Crippen molar-refractivity contribution in [1.82, 2.24) is 5.32 Å². The molecule has 2 aromatic carbocycles. The van der Waals surface area contributed by atoms with E-state index < -0.39 is 17.8 Å². The summed E-state index contributed by atoms with van der Waals surface area (Å²) in [6, 6.07) is 11.4. The predicted molar refractivity (Wildman–Crippen MR) is 89.8 cm³/mol. The smallest absolute Gasteiger partial charge is 0.416 e. The topological polar surface area (TPSA) is 50.4 Å². The number of ether oxygens (including phenoxy) is 1. The van der Waals surface area contributed by atoms with E-state index in [-0.39, 0.29) is 18.8 Å². The molecule has 0 aromatic heterocycles. The fourth-order valence-corrected chi connectivity index (χ4v) is 2.18. The van der Waals surface area contributed by atoms with Gasteiger partial charge in [-0.1, -0.05) is 25.1 Å². The van der Waals surface area contributed by atoms with E-state index in [0.717, 1.165) is 29.9 Å². The van der Waals surface area contributed by atoms with Gasteiger partial charge >= 0.3 is 12.2 Å². The average Bonchev–Trinajstić information content (AvgIpc) is 2.58. The number of hydrogen-bond acceptors (Lipinski definition) is 2. The van der Waals surface area contributed by atoms with E-state index in [4.69, 9.17) is 4.74 Å². The Balaban J connectivity index is 1.75. The second-order valence-corrected chi connectivity index (χ2v) is 5.27. The number of nitrogens with one attached hydrogen (secondary N) is 2. The van der Waals surface area contributed by atoms with Crippen LogP contribution in [0, 0.1) is 0 Å². The lowest BCUT2D eigenvalue weighted by Crippen LogP contribution is -2.32. The molecular weight excluding hydrogens is 333 g/mol. The van der Waals surface area contributed by atoms with Crippen LogP contribution in [0.2, 0.25) is 0 Å². The molecule has 0 aliphatic heterocycles. The Kier molecular flexibility index (Phi) is 6.27. The summed E-state index contributed by atoms with van der Waals surface area (Å²) in [5.41, 5.74) is 0.598. The van der Waals surface area contributed by atoms with Gasteiger partial charge in [-0.2, -0.15) is 13.2 Å². The molecule has 4 nitrogen and oxygen atoms in total. The molecule has 0 bridgehead atoms. The van der Waals surface area contributed by atoms with Gasteiger partial charge in [0.2, 0.25) is 0 Å². The average molecular weight is 352 g/mol. The number of urea groups is 1. The van der Waals surface area contributed by atoms with Crippen molar-refractivity contribution in [2.45, 2.75) is 19.5 Å². The number of benzene rings is 2. The highest BCUT2D eigenvalue weighted by molar-refractivity contribution is 5.89. The van der Waals surface area contributed by atoms with Gasteiger partial charge in [-0.05, 0) is 42.3 Å². The standard InChI is InChI=1S/C18H19F3N2O2/c1-2-13-5-3-4-6-16(13)25-12-11-22-17(24)23-15-9-7-14(8-10-15)18(19,20)21/h3-10H,2,11-12H2,1H3,(H2,22,23,24). The summed E-state index contributed by atoms with van der Waals surface area (Å²) in [4.78, 5) is 11.7. The first-order chi connectivity index (χ1) is 11.9. The van der Waals surface area contributed by atoms with Crippen molar-refractivity contribution >= 4 is 11.7 Å². The molecule has 2 aromatic rings. The van der Waals surface area contributed by atoms with E-state index in [0.29, 0.717) is 0 Å². The molecule has 2 N–H and O–H groups in total. The van der Waals surface area contributed by atoms with E-state index in [1.165, 1.54) is 12.1 Å². The van der Waals surface area contributed by atoms with E-state index in [1.807, 2.05) is 31.2 Å². The van der Waals surface area contributed by atoms with Crippen LogP contribution in [-0.4, -0.2) is 19.2 Å². The first-order valence-corrected chi connectivity index (χ1v) is 7.83. The monoisotopic (exact) mass is 352 g/mol. The highest BCUT2D eigenvalue weighted by Crippen LogP contribution is 2.29. The normalized spacial score (nSPS) is 11.0. The van der Waals surface area contributed by atoms with Crippen molar-refractivity contribution in [2.24, 2.45) is 0 Å². The number of rotatable bonds is 6. The summed E-state index contributed by atoms with van der Waals surface area (Å²) in [5.74, 6) is 0.773. The van der Waals surface area contributed by atoms with E-state index in [1.54, 1.807) is 0 Å². The van der Waals surface area contributed by atoms with Gasteiger partial charge in [-0.3, -0.25) is 0 Å². The molecule has 0 heterocycles. The fourth-order valence-electron chi connectivity index (χ4n) is 2.18. The third-order valence-corrected chi connectivity index (χ3v) is 3.47. The Morgan fingerprint density at radius 2 is 1.76 bits per heavy atom. The molecule has 7 heteroatoms. The molecule has 2 amide bonds. The zero-order valence-corrected chi connectivity index (χ0v) is 13.7. The largest absolute Gasteiger partial charge is 0.491 e. The van der Waals surface area contributed by atoms with Crippen molar-refractivity contribution in [3.05, 3.63) is 59.7 Å². The van der Waals surface area contributed by atoms with Gasteiger partial charge in [0.25, 0.3) is 0 Å². The van der Waals surface area contributed by atoms with Gasteiger partial charge in [0.1, 0.15) is 12.4 Å². The van der Waals surface area contributed by atoms with Crippen LogP contribution < -0.4 is 15.4 Å². The number of aryl methyl sites for hydroxylation is 1. The van der Waals surface area contributed by atoms with E-state index in [9.17, 15) is 18.0 Å². The molecule has 2 rings (SSSR count). The molecule has 0 saturated heterocycles. The van der Waals surface area contributed by atoms with Crippen molar-refractivity contribution in [3.8, 4) is 5.75 Å². The number of para-hydroxylation sites is 1. The van der Waals surface area contributed by atoms with Gasteiger partial charge < -0.3 is 15.4 Å². The molecule has 134 valence electrons. The summed E-state index contributed by atoms with van der Waals surface area (Å²) in [5, 5.41) is 5.06. The molecule has 0 radical (unpaired) electrons. The summed E-state index contributed by atoms with van der Waals surface area (Å²) in [6.07, 6.45) is -3.55. The molecule has 0 aliphatic rings. The third-order valence-electron chi connectivity index (χ3n) is 3.47. The molecule has 25 heavy (non-hydrogen) atoms. The first-order valence-electron chi connectivity index (χ1n) is 7.83. The van der Waals surface area contributed by atoms with Crippen LogP contribution in [0.25, 0.3) is 0 Å². The SMILES string of the molecule is CCc1ccccc1OCCNC(=O)Nc1ccc(C(F)(F)F)cc1. The molecule has 0 unspecified atom stereocenters. The van der Waals surface area contributed by atoms with Gasteiger partial charge in [0, 0.05) is 5.69 Å².